The van der Waals surface area contributed by atoms with Crippen LogP contribution >= 0.6 is 0 Å². The van der Waals surface area contributed by atoms with Crippen molar-refractivity contribution in [3.63, 3.8) is 0 Å². The number of nitrogens with one attached hydrogen (secondary N) is 1. The first-order valence-corrected chi connectivity index (χ1v) is 11.4. The van der Waals surface area contributed by atoms with Gasteiger partial charge in [-0.05, 0) is 44.2 Å². The first kappa shape index (κ1) is 23.3. The van der Waals surface area contributed by atoms with Crippen molar-refractivity contribution in [2.75, 3.05) is 25.0 Å². The number of ether oxygens (including phenoxy) is 1. The lowest BCUT2D eigenvalue weighted by Gasteiger charge is -2.18. The van der Waals surface area contributed by atoms with E-state index in [1.165, 1.54) is 33.1 Å². The maximum absolute atomic E-state index is 12.5. The molecule has 0 bridgehead atoms. The molecule has 32 heavy (non-hydrogen) atoms. The number of sulfonamides is 1. The van der Waals surface area contributed by atoms with Gasteiger partial charge in [0.15, 0.2) is 6.61 Å². The molecule has 0 fully saturated rings. The van der Waals surface area contributed by atoms with Gasteiger partial charge in [-0.2, -0.15) is 9.29 Å². The summed E-state index contributed by atoms with van der Waals surface area (Å²) >= 11 is 0. The van der Waals surface area contributed by atoms with E-state index in [0.717, 1.165) is 11.4 Å². The van der Waals surface area contributed by atoms with Gasteiger partial charge in [0.2, 0.25) is 10.0 Å². The monoisotopic (exact) mass is 460 g/mol. The number of rotatable bonds is 8. The fourth-order valence-corrected chi connectivity index (χ4v) is 4.53. The third-order valence-electron chi connectivity index (χ3n) is 4.62. The minimum absolute atomic E-state index is 0.127. The Kier molecular flexibility index (Phi) is 6.84. The molecular formula is C20H24N6O5S. The summed E-state index contributed by atoms with van der Waals surface area (Å²) in [5.41, 5.74) is 1.85. The van der Waals surface area contributed by atoms with Crippen molar-refractivity contribution < 1.29 is 22.7 Å². The molecule has 0 aliphatic carbocycles. The summed E-state index contributed by atoms with van der Waals surface area (Å²) < 4.78 is 32.7. The highest BCUT2D eigenvalue weighted by atomic mass is 32.2. The molecule has 11 nitrogen and oxygen atoms in total. The average Bonchev–Trinajstić information content (AvgIpc) is 3.17. The fourth-order valence-electron chi connectivity index (χ4n) is 3.07. The Balaban J connectivity index is 1.60. The number of esters is 1. The van der Waals surface area contributed by atoms with Crippen molar-refractivity contribution in [3.05, 3.63) is 47.5 Å². The smallest absolute Gasteiger partial charge is 0.378 e. The molecule has 3 rings (SSSR count). The van der Waals surface area contributed by atoms with Crippen LogP contribution in [0.25, 0.3) is 5.78 Å². The zero-order valence-corrected chi connectivity index (χ0v) is 19.0. The molecular weight excluding hydrogens is 436 g/mol. The molecule has 0 aliphatic heterocycles. The van der Waals surface area contributed by atoms with Crippen molar-refractivity contribution in [2.24, 2.45) is 0 Å². The van der Waals surface area contributed by atoms with Crippen LogP contribution in [-0.4, -0.2) is 63.9 Å². The highest BCUT2D eigenvalue weighted by molar-refractivity contribution is 7.89. The first-order chi connectivity index (χ1) is 15.1. The van der Waals surface area contributed by atoms with E-state index in [4.69, 9.17) is 4.74 Å². The zero-order valence-electron chi connectivity index (χ0n) is 18.2. The molecule has 2 heterocycles. The highest BCUT2D eigenvalue weighted by Crippen LogP contribution is 2.18. The van der Waals surface area contributed by atoms with E-state index in [2.05, 4.69) is 20.4 Å². The topological polar surface area (TPSA) is 136 Å². The SMILES string of the molecule is CCN(CC)S(=O)(=O)c1ccc(NC(=O)COC(=O)c2nc3nc(C)cc(C)n3n2)cc1. The molecule has 0 aliphatic rings. The number of aromatic nitrogens is 4. The van der Waals surface area contributed by atoms with Gasteiger partial charge in [-0.25, -0.2) is 22.7 Å². The number of hydrogen-bond donors (Lipinski definition) is 1. The number of anilines is 1. The Morgan fingerprint density at radius 2 is 1.75 bits per heavy atom. The molecule has 1 amide bonds. The minimum Gasteiger partial charge on any atom is -0.450 e. The number of aryl methyl sites for hydroxylation is 2. The van der Waals surface area contributed by atoms with Gasteiger partial charge >= 0.3 is 5.97 Å². The molecule has 1 aromatic carbocycles. The standard InChI is InChI=1S/C20H24N6O5S/c1-5-25(6-2)32(29,30)16-9-7-15(8-10-16)22-17(27)12-31-19(28)18-23-20-21-13(3)11-14(4)26(20)24-18/h7-11H,5-6,12H2,1-4H3,(H,22,27). The summed E-state index contributed by atoms with van der Waals surface area (Å²) in [7, 11) is -3.59. The number of amides is 1. The van der Waals surface area contributed by atoms with Crippen molar-refractivity contribution in [2.45, 2.75) is 32.6 Å². The van der Waals surface area contributed by atoms with E-state index in [1.54, 1.807) is 33.8 Å². The fraction of sp³-hybridized carbons (Fsp3) is 0.350. The van der Waals surface area contributed by atoms with Crippen molar-refractivity contribution in [1.29, 1.82) is 0 Å². The van der Waals surface area contributed by atoms with Gasteiger partial charge in [-0.3, -0.25) is 4.79 Å². The van der Waals surface area contributed by atoms with Crippen LogP contribution in [0.3, 0.4) is 0 Å². The summed E-state index contributed by atoms with van der Waals surface area (Å²) in [5, 5.41) is 6.60. The minimum atomic E-state index is -3.59. The first-order valence-electron chi connectivity index (χ1n) is 9.94. The Labute approximate surface area is 185 Å². The van der Waals surface area contributed by atoms with Gasteiger partial charge in [-0.1, -0.05) is 13.8 Å². The molecule has 12 heteroatoms. The van der Waals surface area contributed by atoms with Gasteiger partial charge < -0.3 is 10.1 Å². The van der Waals surface area contributed by atoms with Crippen LogP contribution < -0.4 is 5.32 Å². The van der Waals surface area contributed by atoms with Crippen molar-refractivity contribution >= 4 is 33.4 Å². The molecule has 2 aromatic heterocycles. The van der Waals surface area contributed by atoms with Gasteiger partial charge in [0.05, 0.1) is 4.90 Å². The van der Waals surface area contributed by atoms with Crippen LogP contribution in [0.1, 0.15) is 35.9 Å². The summed E-state index contributed by atoms with van der Waals surface area (Å²) in [5.74, 6) is -1.39. The number of carbonyl (C=O) groups excluding carboxylic acids is 2. The lowest BCUT2D eigenvalue weighted by Crippen LogP contribution is -2.30. The second kappa shape index (κ2) is 9.40. The van der Waals surface area contributed by atoms with Crippen LogP contribution in [0, 0.1) is 13.8 Å². The summed E-state index contributed by atoms with van der Waals surface area (Å²) in [6.45, 7) is 7.29. The maximum Gasteiger partial charge on any atom is 0.378 e. The molecule has 1 N–H and O–H groups in total. The third-order valence-corrected chi connectivity index (χ3v) is 6.68. The van der Waals surface area contributed by atoms with Gasteiger partial charge in [0, 0.05) is 30.2 Å². The lowest BCUT2D eigenvalue weighted by molar-refractivity contribution is -0.119. The average molecular weight is 461 g/mol. The number of fused-ring (bicyclic) bond motifs is 1. The van der Waals surface area contributed by atoms with E-state index in [-0.39, 0.29) is 16.5 Å². The predicted octanol–water partition coefficient (Wildman–Crippen LogP) is 1.57. The van der Waals surface area contributed by atoms with Crippen molar-refractivity contribution in [3.8, 4) is 0 Å². The van der Waals surface area contributed by atoms with Gasteiger partial charge in [-0.15, -0.1) is 5.10 Å². The molecule has 0 spiro atoms. The molecule has 3 aromatic rings. The van der Waals surface area contributed by atoms with Gasteiger partial charge in [0.25, 0.3) is 17.5 Å². The molecule has 0 radical (unpaired) electrons. The Morgan fingerprint density at radius 1 is 1.09 bits per heavy atom. The molecule has 0 atom stereocenters. The maximum atomic E-state index is 12.5. The zero-order chi connectivity index (χ0) is 23.5. The summed E-state index contributed by atoms with van der Waals surface area (Å²) in [6.07, 6.45) is 0. The molecule has 0 saturated carbocycles. The van der Waals surface area contributed by atoms with Crippen LogP contribution in [-0.2, 0) is 19.6 Å². The molecule has 0 unspecified atom stereocenters. The Morgan fingerprint density at radius 3 is 2.38 bits per heavy atom. The second-order valence-electron chi connectivity index (χ2n) is 6.92. The number of carbonyl (C=O) groups is 2. The van der Waals surface area contributed by atoms with Crippen LogP contribution in [0.2, 0.25) is 0 Å². The van der Waals surface area contributed by atoms with Crippen LogP contribution in [0.5, 0.6) is 0 Å². The lowest BCUT2D eigenvalue weighted by atomic mass is 10.3. The van der Waals surface area contributed by atoms with E-state index < -0.39 is 28.5 Å². The summed E-state index contributed by atoms with van der Waals surface area (Å²) in [4.78, 5) is 32.7. The summed E-state index contributed by atoms with van der Waals surface area (Å²) in [6, 6.07) is 7.55. The quantitative estimate of drug-likeness (QED) is 0.500. The number of hydrogen-bond acceptors (Lipinski definition) is 8. The van der Waals surface area contributed by atoms with E-state index in [0.29, 0.717) is 18.8 Å². The predicted molar refractivity (Wildman–Crippen MR) is 116 cm³/mol. The normalized spacial score (nSPS) is 11.7. The highest BCUT2D eigenvalue weighted by Gasteiger charge is 2.21. The third kappa shape index (κ3) is 4.92. The van der Waals surface area contributed by atoms with E-state index >= 15 is 0 Å². The van der Waals surface area contributed by atoms with E-state index in [1.807, 2.05) is 0 Å². The second-order valence-corrected chi connectivity index (χ2v) is 8.86. The van der Waals surface area contributed by atoms with Crippen LogP contribution in [0.4, 0.5) is 5.69 Å². The molecule has 0 saturated heterocycles. The Hall–Kier alpha value is -3.38. The number of nitrogens with zero attached hydrogens (tertiary/aromatic N) is 5. The van der Waals surface area contributed by atoms with Gasteiger partial charge in [0.1, 0.15) is 0 Å². The molecule has 170 valence electrons. The van der Waals surface area contributed by atoms with E-state index in [9.17, 15) is 18.0 Å². The Bertz CT molecular complexity index is 1250. The number of benzene rings is 1. The largest absolute Gasteiger partial charge is 0.450 e. The van der Waals surface area contributed by atoms with Crippen molar-refractivity contribution in [1.82, 2.24) is 23.9 Å². The van der Waals surface area contributed by atoms with Crippen LogP contribution in [0.15, 0.2) is 35.2 Å².